The molecule has 0 amide bonds. The molecule has 90 valence electrons. The zero-order chi connectivity index (χ0) is 12.0. The molecular formula is C12H19NO2S. The van der Waals surface area contributed by atoms with Crippen molar-refractivity contribution in [3.8, 4) is 5.75 Å². The Balaban J connectivity index is 2.80. The average molecular weight is 241 g/mol. The Labute approximate surface area is 101 Å². The van der Waals surface area contributed by atoms with Crippen LogP contribution in [0.3, 0.4) is 0 Å². The summed E-state index contributed by atoms with van der Waals surface area (Å²) < 4.78 is 8.85. The second-order valence-electron chi connectivity index (χ2n) is 4.00. The van der Waals surface area contributed by atoms with Crippen molar-refractivity contribution in [1.29, 1.82) is 0 Å². The number of nitrogens with one attached hydrogen (secondary N) is 1. The highest BCUT2D eigenvalue weighted by atomic mass is 32.2. The summed E-state index contributed by atoms with van der Waals surface area (Å²) in [7, 11) is 0. The fourth-order valence-electron chi connectivity index (χ4n) is 1.25. The highest BCUT2D eigenvalue weighted by molar-refractivity contribution is 7.99. The van der Waals surface area contributed by atoms with Crippen molar-refractivity contribution >= 4 is 17.6 Å². The van der Waals surface area contributed by atoms with Gasteiger partial charge in [-0.05, 0) is 23.6 Å². The van der Waals surface area contributed by atoms with Gasteiger partial charge in [-0.15, -0.1) is 0 Å². The first kappa shape index (κ1) is 13.2. The Hall–Kier alpha value is -0.870. The molecule has 0 unspecified atom stereocenters. The second kappa shape index (κ2) is 6.66. The van der Waals surface area contributed by atoms with Crippen LogP contribution in [0.1, 0.15) is 19.4 Å². The summed E-state index contributed by atoms with van der Waals surface area (Å²) in [5, 5.41) is 9.06. The van der Waals surface area contributed by atoms with Crippen LogP contribution in [0.2, 0.25) is 0 Å². The maximum absolute atomic E-state index is 9.06. The van der Waals surface area contributed by atoms with E-state index in [4.69, 9.17) is 9.84 Å². The van der Waals surface area contributed by atoms with E-state index >= 15 is 0 Å². The van der Waals surface area contributed by atoms with Gasteiger partial charge >= 0.3 is 0 Å². The van der Waals surface area contributed by atoms with Crippen molar-refractivity contribution in [2.24, 2.45) is 5.92 Å². The summed E-state index contributed by atoms with van der Waals surface area (Å²) in [4.78, 5) is 0. The minimum atomic E-state index is 0.0491. The Kier molecular flexibility index (Phi) is 5.49. The van der Waals surface area contributed by atoms with Gasteiger partial charge in [0.1, 0.15) is 5.75 Å². The zero-order valence-electron chi connectivity index (χ0n) is 9.99. The Morgan fingerprint density at radius 2 is 2.19 bits per heavy atom. The van der Waals surface area contributed by atoms with Gasteiger partial charge in [-0.1, -0.05) is 31.9 Å². The molecule has 2 N–H and O–H groups in total. The molecule has 1 aromatic rings. The van der Waals surface area contributed by atoms with Crippen LogP contribution in [-0.2, 0) is 6.61 Å². The van der Waals surface area contributed by atoms with E-state index in [-0.39, 0.29) is 6.61 Å². The van der Waals surface area contributed by atoms with Crippen LogP contribution >= 0.6 is 11.9 Å². The van der Waals surface area contributed by atoms with E-state index in [0.717, 1.165) is 17.0 Å². The van der Waals surface area contributed by atoms with Crippen molar-refractivity contribution in [3.05, 3.63) is 23.8 Å². The molecular weight excluding hydrogens is 222 g/mol. The molecule has 16 heavy (non-hydrogen) atoms. The van der Waals surface area contributed by atoms with Crippen LogP contribution in [-0.4, -0.2) is 18.0 Å². The van der Waals surface area contributed by atoms with Gasteiger partial charge in [-0.2, -0.15) is 0 Å². The SMILES string of the molecule is CSNc1cc(CO)ccc1OCC(C)C. The summed E-state index contributed by atoms with van der Waals surface area (Å²) in [6, 6.07) is 5.68. The van der Waals surface area contributed by atoms with Gasteiger partial charge in [0, 0.05) is 6.26 Å². The van der Waals surface area contributed by atoms with Gasteiger partial charge < -0.3 is 14.6 Å². The molecule has 4 heteroatoms. The van der Waals surface area contributed by atoms with Gasteiger partial charge in [0.15, 0.2) is 0 Å². The van der Waals surface area contributed by atoms with Crippen molar-refractivity contribution in [3.63, 3.8) is 0 Å². The Morgan fingerprint density at radius 3 is 2.75 bits per heavy atom. The lowest BCUT2D eigenvalue weighted by Crippen LogP contribution is -2.06. The van der Waals surface area contributed by atoms with Gasteiger partial charge in [0.2, 0.25) is 0 Å². The summed E-state index contributed by atoms with van der Waals surface area (Å²) in [5.41, 5.74) is 1.80. The average Bonchev–Trinajstić information content (AvgIpc) is 2.27. The quantitative estimate of drug-likeness (QED) is 0.751. The van der Waals surface area contributed by atoms with Gasteiger partial charge in [-0.3, -0.25) is 0 Å². The van der Waals surface area contributed by atoms with Crippen molar-refractivity contribution in [2.75, 3.05) is 17.6 Å². The van der Waals surface area contributed by atoms with Gasteiger partial charge in [0.25, 0.3) is 0 Å². The number of rotatable bonds is 6. The lowest BCUT2D eigenvalue weighted by Gasteiger charge is -2.14. The maximum atomic E-state index is 9.06. The number of anilines is 1. The van der Waals surface area contributed by atoms with Gasteiger partial charge in [-0.25, -0.2) is 0 Å². The van der Waals surface area contributed by atoms with Crippen molar-refractivity contribution < 1.29 is 9.84 Å². The van der Waals surface area contributed by atoms with Crippen LogP contribution in [0, 0.1) is 5.92 Å². The lowest BCUT2D eigenvalue weighted by molar-refractivity contribution is 0.270. The van der Waals surface area contributed by atoms with Crippen LogP contribution in [0.15, 0.2) is 18.2 Å². The molecule has 0 saturated heterocycles. The molecule has 1 aromatic carbocycles. The smallest absolute Gasteiger partial charge is 0.143 e. The topological polar surface area (TPSA) is 41.5 Å². The molecule has 3 nitrogen and oxygen atoms in total. The number of benzene rings is 1. The molecule has 0 spiro atoms. The first-order valence-corrected chi connectivity index (χ1v) is 6.55. The van der Waals surface area contributed by atoms with Crippen molar-refractivity contribution in [1.82, 2.24) is 0 Å². The third-order valence-electron chi connectivity index (χ3n) is 2.01. The van der Waals surface area contributed by atoms with E-state index in [2.05, 4.69) is 18.6 Å². The highest BCUT2D eigenvalue weighted by Crippen LogP contribution is 2.28. The molecule has 1 rings (SSSR count). The van der Waals surface area contributed by atoms with E-state index in [1.165, 1.54) is 11.9 Å². The molecule has 0 aliphatic carbocycles. The van der Waals surface area contributed by atoms with E-state index in [1.54, 1.807) is 0 Å². The van der Waals surface area contributed by atoms with E-state index in [0.29, 0.717) is 12.5 Å². The van der Waals surface area contributed by atoms with Crippen LogP contribution in [0.5, 0.6) is 5.75 Å². The van der Waals surface area contributed by atoms with Crippen LogP contribution < -0.4 is 9.46 Å². The standard InChI is InChI=1S/C12H19NO2S/c1-9(2)8-15-12-5-4-10(7-14)6-11(12)13-16-3/h4-6,9,13-14H,7-8H2,1-3H3. The monoisotopic (exact) mass is 241 g/mol. The molecule has 0 bridgehead atoms. The molecule has 0 aliphatic rings. The van der Waals surface area contributed by atoms with Crippen LogP contribution in [0.25, 0.3) is 0 Å². The number of ether oxygens (including phenoxy) is 1. The number of hydrogen-bond donors (Lipinski definition) is 2. The molecule has 0 atom stereocenters. The predicted octanol–water partition coefficient (Wildman–Crippen LogP) is 2.90. The molecule has 0 heterocycles. The third-order valence-corrected chi connectivity index (χ3v) is 2.43. The largest absolute Gasteiger partial charge is 0.491 e. The van der Waals surface area contributed by atoms with E-state index < -0.39 is 0 Å². The fourth-order valence-corrected chi connectivity index (χ4v) is 1.63. The second-order valence-corrected chi connectivity index (χ2v) is 4.61. The highest BCUT2D eigenvalue weighted by Gasteiger charge is 2.05. The fraction of sp³-hybridized carbons (Fsp3) is 0.500. The molecule has 0 fully saturated rings. The predicted molar refractivity (Wildman–Crippen MR) is 69.8 cm³/mol. The van der Waals surface area contributed by atoms with E-state index in [9.17, 15) is 0 Å². The van der Waals surface area contributed by atoms with E-state index in [1.807, 2.05) is 24.5 Å². The minimum Gasteiger partial charge on any atom is -0.491 e. The minimum absolute atomic E-state index is 0.0491. The maximum Gasteiger partial charge on any atom is 0.143 e. The first-order chi connectivity index (χ1) is 7.67. The van der Waals surface area contributed by atoms with Crippen molar-refractivity contribution in [2.45, 2.75) is 20.5 Å². The number of hydrogen-bond acceptors (Lipinski definition) is 4. The molecule has 0 radical (unpaired) electrons. The summed E-state index contributed by atoms with van der Waals surface area (Å²) in [6.45, 7) is 4.97. The molecule has 0 aromatic heterocycles. The normalized spacial score (nSPS) is 10.6. The Bertz CT molecular complexity index is 329. The molecule has 0 saturated carbocycles. The number of aliphatic hydroxyl groups excluding tert-OH is 1. The van der Waals surface area contributed by atoms with Crippen LogP contribution in [0.4, 0.5) is 5.69 Å². The zero-order valence-corrected chi connectivity index (χ0v) is 10.8. The summed E-state index contributed by atoms with van der Waals surface area (Å²) in [5.74, 6) is 1.33. The lowest BCUT2D eigenvalue weighted by atomic mass is 10.2. The number of aliphatic hydroxyl groups is 1. The molecule has 0 aliphatic heterocycles. The third kappa shape index (κ3) is 3.94. The first-order valence-electron chi connectivity index (χ1n) is 5.33. The summed E-state index contributed by atoms with van der Waals surface area (Å²) in [6.07, 6.45) is 1.96. The summed E-state index contributed by atoms with van der Waals surface area (Å²) >= 11 is 1.51. The Morgan fingerprint density at radius 1 is 1.44 bits per heavy atom. The van der Waals surface area contributed by atoms with Gasteiger partial charge in [0.05, 0.1) is 18.9 Å².